The van der Waals surface area contributed by atoms with E-state index in [0.717, 1.165) is 33.2 Å². The first-order valence-electron chi connectivity index (χ1n) is 9.19. The van der Waals surface area contributed by atoms with E-state index in [-0.39, 0.29) is 11.2 Å². The lowest BCUT2D eigenvalue weighted by molar-refractivity contribution is 0.415. The fourth-order valence-corrected chi connectivity index (χ4v) is 4.00. The zero-order chi connectivity index (χ0) is 18.5. The maximum Gasteiger partial charge on any atom is 0.272 e. The third-order valence-electron chi connectivity index (χ3n) is 5.47. The van der Waals surface area contributed by atoms with Gasteiger partial charge in [0.15, 0.2) is 0 Å². The molecule has 4 aromatic rings. The maximum atomic E-state index is 12.6. The smallest absolute Gasteiger partial charge is 0.272 e. The fraction of sp³-hybridized carbons (Fsp3) is 0.174. The number of nitrogens with one attached hydrogen (secondary N) is 1. The van der Waals surface area contributed by atoms with E-state index in [9.17, 15) is 4.79 Å². The molecule has 1 heterocycles. The van der Waals surface area contributed by atoms with Crippen molar-refractivity contribution in [2.45, 2.75) is 18.8 Å². The van der Waals surface area contributed by atoms with Crippen molar-refractivity contribution in [3.63, 3.8) is 0 Å². The maximum absolute atomic E-state index is 12.6. The number of nitrogen functional groups attached to an aromatic ring is 1. The molecule has 1 fully saturated rings. The number of anilines is 1. The lowest BCUT2D eigenvalue weighted by Gasteiger charge is -2.15. The number of rotatable bonds is 3. The van der Waals surface area contributed by atoms with Crippen LogP contribution in [0.2, 0.25) is 0 Å². The molecule has 0 unspecified atom stereocenters. The first-order chi connectivity index (χ1) is 13.2. The monoisotopic (exact) mass is 356 g/mol. The lowest BCUT2D eigenvalue weighted by Crippen LogP contribution is -2.14. The van der Waals surface area contributed by atoms with Crippen molar-refractivity contribution in [2.24, 2.45) is 0 Å². The molecule has 0 aliphatic heterocycles. The molecule has 0 saturated heterocycles. The van der Waals surface area contributed by atoms with Gasteiger partial charge < -0.3 is 15.5 Å². The van der Waals surface area contributed by atoms with E-state index in [0.29, 0.717) is 5.92 Å². The van der Waals surface area contributed by atoms with Gasteiger partial charge in [0.05, 0.1) is 12.6 Å². The van der Waals surface area contributed by atoms with E-state index in [1.165, 1.54) is 23.8 Å². The van der Waals surface area contributed by atoms with Crippen molar-refractivity contribution in [1.29, 1.82) is 0 Å². The largest absolute Gasteiger partial charge is 0.497 e. The number of fused-ring (bicyclic) bond motifs is 3. The van der Waals surface area contributed by atoms with Gasteiger partial charge in [-0.1, -0.05) is 36.4 Å². The molecule has 1 aliphatic rings. The van der Waals surface area contributed by atoms with Crippen molar-refractivity contribution in [2.75, 3.05) is 12.8 Å². The molecule has 1 saturated carbocycles. The van der Waals surface area contributed by atoms with E-state index in [1.54, 1.807) is 7.11 Å². The van der Waals surface area contributed by atoms with Crippen LogP contribution in [0, 0.1) is 0 Å². The number of pyridine rings is 1. The molecule has 134 valence electrons. The van der Waals surface area contributed by atoms with Gasteiger partial charge in [-0.25, -0.2) is 0 Å². The van der Waals surface area contributed by atoms with Crippen LogP contribution in [0.25, 0.3) is 32.8 Å². The van der Waals surface area contributed by atoms with Gasteiger partial charge in [0.1, 0.15) is 11.4 Å². The molecule has 4 heteroatoms. The Balaban J connectivity index is 1.95. The second kappa shape index (κ2) is 5.88. The Morgan fingerprint density at radius 2 is 1.78 bits per heavy atom. The van der Waals surface area contributed by atoms with Crippen LogP contribution in [0.1, 0.15) is 24.3 Å². The fourth-order valence-electron chi connectivity index (χ4n) is 4.00. The molecule has 1 aromatic heterocycles. The molecule has 3 N–H and O–H groups in total. The zero-order valence-corrected chi connectivity index (χ0v) is 15.1. The van der Waals surface area contributed by atoms with Gasteiger partial charge in [-0.05, 0) is 53.5 Å². The molecular weight excluding hydrogens is 336 g/mol. The highest BCUT2D eigenvalue weighted by Gasteiger charge is 2.27. The summed E-state index contributed by atoms with van der Waals surface area (Å²) in [6.07, 6.45) is 2.42. The molecular formula is C23H20N2O2. The summed E-state index contributed by atoms with van der Waals surface area (Å²) in [5.41, 5.74) is 10.1. The predicted molar refractivity (Wildman–Crippen MR) is 110 cm³/mol. The van der Waals surface area contributed by atoms with Crippen molar-refractivity contribution < 1.29 is 4.74 Å². The zero-order valence-electron chi connectivity index (χ0n) is 15.1. The molecule has 27 heavy (non-hydrogen) atoms. The highest BCUT2D eigenvalue weighted by Crippen LogP contribution is 2.46. The minimum atomic E-state index is -0.260. The van der Waals surface area contributed by atoms with E-state index in [2.05, 4.69) is 29.2 Å². The Hall–Kier alpha value is -3.27. The summed E-state index contributed by atoms with van der Waals surface area (Å²) in [4.78, 5) is 15.7. The normalized spacial score (nSPS) is 14.0. The van der Waals surface area contributed by atoms with E-state index < -0.39 is 0 Å². The first-order valence-corrected chi connectivity index (χ1v) is 9.19. The number of ether oxygens (including phenoxy) is 1. The molecule has 4 nitrogen and oxygen atoms in total. The summed E-state index contributed by atoms with van der Waals surface area (Å²) in [5, 5.41) is 3.27. The summed E-state index contributed by atoms with van der Waals surface area (Å²) in [6.45, 7) is 0. The van der Waals surface area contributed by atoms with Crippen LogP contribution in [-0.2, 0) is 0 Å². The van der Waals surface area contributed by atoms with Crippen LogP contribution < -0.4 is 16.0 Å². The summed E-state index contributed by atoms with van der Waals surface area (Å²) in [5.74, 6) is 1.33. The number of methoxy groups -OCH3 is 1. The summed E-state index contributed by atoms with van der Waals surface area (Å²) in [7, 11) is 1.64. The number of aromatic amines is 1. The van der Waals surface area contributed by atoms with Crippen molar-refractivity contribution in [1.82, 2.24) is 4.98 Å². The Bertz CT molecular complexity index is 1250. The molecule has 0 spiro atoms. The van der Waals surface area contributed by atoms with Crippen molar-refractivity contribution in [3.05, 3.63) is 70.5 Å². The van der Waals surface area contributed by atoms with E-state index in [1.807, 2.05) is 30.3 Å². The summed E-state index contributed by atoms with van der Waals surface area (Å²) >= 11 is 0. The van der Waals surface area contributed by atoms with Crippen LogP contribution >= 0.6 is 0 Å². The number of benzene rings is 3. The van der Waals surface area contributed by atoms with E-state index in [4.69, 9.17) is 10.5 Å². The topological polar surface area (TPSA) is 68.1 Å². The van der Waals surface area contributed by atoms with Crippen molar-refractivity contribution >= 4 is 27.4 Å². The van der Waals surface area contributed by atoms with Crippen molar-refractivity contribution in [3.8, 4) is 16.9 Å². The number of hydrogen-bond donors (Lipinski definition) is 2. The molecule has 1 aliphatic carbocycles. The Labute approximate surface area is 156 Å². The van der Waals surface area contributed by atoms with Crippen LogP contribution in [0.3, 0.4) is 0 Å². The van der Waals surface area contributed by atoms with Gasteiger partial charge in [0.2, 0.25) is 0 Å². The van der Waals surface area contributed by atoms with Crippen LogP contribution in [-0.4, -0.2) is 12.1 Å². The Morgan fingerprint density at radius 1 is 1.00 bits per heavy atom. The summed E-state index contributed by atoms with van der Waals surface area (Å²) in [6, 6.07) is 18.2. The second-order valence-corrected chi connectivity index (χ2v) is 7.18. The highest BCUT2D eigenvalue weighted by atomic mass is 16.5. The lowest BCUT2D eigenvalue weighted by atomic mass is 9.92. The number of H-pyrrole nitrogens is 1. The predicted octanol–water partition coefficient (Wildman–Crippen LogP) is 4.82. The number of hydrogen-bond acceptors (Lipinski definition) is 3. The quantitative estimate of drug-likeness (QED) is 0.517. The third-order valence-corrected chi connectivity index (χ3v) is 5.47. The molecule has 0 amide bonds. The minimum Gasteiger partial charge on any atom is -0.497 e. The molecule has 0 bridgehead atoms. The first kappa shape index (κ1) is 15.9. The minimum absolute atomic E-state index is 0.243. The van der Waals surface area contributed by atoms with Gasteiger partial charge >= 0.3 is 0 Å². The van der Waals surface area contributed by atoms with Gasteiger partial charge in [-0.15, -0.1) is 0 Å². The number of nitrogens with two attached hydrogens (primary N) is 1. The van der Waals surface area contributed by atoms with Gasteiger partial charge in [0, 0.05) is 16.3 Å². The Kier molecular flexibility index (Phi) is 3.47. The third kappa shape index (κ3) is 2.48. The van der Waals surface area contributed by atoms with Gasteiger partial charge in [-0.3, -0.25) is 4.79 Å². The van der Waals surface area contributed by atoms with Gasteiger partial charge in [-0.2, -0.15) is 0 Å². The average molecular weight is 356 g/mol. The number of aromatic nitrogens is 1. The summed E-state index contributed by atoms with van der Waals surface area (Å²) < 4.78 is 5.37. The van der Waals surface area contributed by atoms with Gasteiger partial charge in [0.25, 0.3) is 5.56 Å². The van der Waals surface area contributed by atoms with Crippen LogP contribution in [0.15, 0.2) is 59.4 Å². The van der Waals surface area contributed by atoms with E-state index >= 15 is 0 Å². The SMILES string of the molecule is COc1cccc(-c2c(N)c(=O)[nH]c3c2cc(C2CC2)c2ccccc23)c1. The molecule has 5 rings (SSSR count). The molecule has 0 radical (unpaired) electrons. The molecule has 3 aromatic carbocycles. The highest BCUT2D eigenvalue weighted by molar-refractivity contribution is 6.13. The second-order valence-electron chi connectivity index (χ2n) is 7.18. The van der Waals surface area contributed by atoms with Crippen LogP contribution in [0.4, 0.5) is 5.69 Å². The van der Waals surface area contributed by atoms with Crippen LogP contribution in [0.5, 0.6) is 5.75 Å². The average Bonchev–Trinajstić information content (AvgIpc) is 3.54. The Morgan fingerprint density at radius 3 is 2.52 bits per heavy atom. The molecule has 0 atom stereocenters. The standard InChI is InChI=1S/C23H20N2O2/c1-27-15-6-4-5-14(11-15)20-19-12-18(13-9-10-13)16-7-2-3-8-17(16)22(19)25-23(26)21(20)24/h2-8,11-13H,9-10,24H2,1H3,(H,25,26).